The summed E-state index contributed by atoms with van der Waals surface area (Å²) in [5, 5.41) is 6.85. The fourth-order valence-electron chi connectivity index (χ4n) is 2.70. The molecule has 0 aliphatic carbocycles. The predicted octanol–water partition coefficient (Wildman–Crippen LogP) is 2.38. The predicted molar refractivity (Wildman–Crippen MR) is 86.5 cm³/mol. The van der Waals surface area contributed by atoms with Crippen LogP contribution in [0.1, 0.15) is 23.5 Å². The molecule has 1 aliphatic rings. The number of amides is 2. The lowest BCUT2D eigenvalue weighted by Crippen LogP contribution is -2.37. The highest BCUT2D eigenvalue weighted by Gasteiger charge is 2.31. The molecule has 22 heavy (non-hydrogen) atoms. The van der Waals surface area contributed by atoms with Crippen LogP contribution < -0.4 is 5.32 Å². The summed E-state index contributed by atoms with van der Waals surface area (Å²) in [7, 11) is 0. The third kappa shape index (κ3) is 3.54. The molecule has 114 valence electrons. The van der Waals surface area contributed by atoms with E-state index < -0.39 is 0 Å². The van der Waals surface area contributed by atoms with Crippen LogP contribution in [0.15, 0.2) is 47.2 Å². The van der Waals surface area contributed by atoms with Gasteiger partial charge in [0.15, 0.2) is 0 Å². The molecule has 1 atom stereocenters. The Bertz CT molecular complexity index is 640. The van der Waals surface area contributed by atoms with Gasteiger partial charge >= 0.3 is 0 Å². The van der Waals surface area contributed by atoms with E-state index in [4.69, 9.17) is 0 Å². The minimum absolute atomic E-state index is 0.0551. The average molecular weight is 314 g/mol. The van der Waals surface area contributed by atoms with Crippen LogP contribution in [0, 0.1) is 0 Å². The van der Waals surface area contributed by atoms with Gasteiger partial charge in [-0.25, -0.2) is 0 Å². The topological polar surface area (TPSA) is 49.4 Å². The van der Waals surface area contributed by atoms with E-state index >= 15 is 0 Å². The molecule has 1 fully saturated rings. The maximum Gasteiger partial charge on any atom is 0.239 e. The minimum atomic E-state index is -0.103. The quantitative estimate of drug-likeness (QED) is 0.921. The number of benzene rings is 1. The van der Waals surface area contributed by atoms with Gasteiger partial charge in [-0.05, 0) is 28.0 Å². The van der Waals surface area contributed by atoms with Gasteiger partial charge in [0, 0.05) is 25.4 Å². The molecule has 0 bridgehead atoms. The van der Waals surface area contributed by atoms with Crippen molar-refractivity contribution in [2.45, 2.75) is 18.9 Å². The molecule has 1 aliphatic heterocycles. The minimum Gasteiger partial charge on any atom is -0.350 e. The molecule has 1 N–H and O–H groups in total. The zero-order chi connectivity index (χ0) is 15.4. The van der Waals surface area contributed by atoms with Crippen molar-refractivity contribution in [1.82, 2.24) is 10.2 Å². The van der Waals surface area contributed by atoms with Gasteiger partial charge in [0.05, 0.1) is 6.54 Å². The fraction of sp³-hybridized carbons (Fsp3) is 0.294. The van der Waals surface area contributed by atoms with Gasteiger partial charge < -0.3 is 10.2 Å². The summed E-state index contributed by atoms with van der Waals surface area (Å²) in [4.78, 5) is 25.7. The second kappa shape index (κ2) is 6.75. The van der Waals surface area contributed by atoms with E-state index in [9.17, 15) is 9.59 Å². The molecule has 0 spiro atoms. The lowest BCUT2D eigenvalue weighted by molar-refractivity contribution is -0.133. The third-order valence-electron chi connectivity index (χ3n) is 3.89. The maximum absolute atomic E-state index is 12.1. The first-order chi connectivity index (χ1) is 10.7. The number of hydrogen-bond donors (Lipinski definition) is 1. The summed E-state index contributed by atoms with van der Waals surface area (Å²) in [6.07, 6.45) is 0.488. The van der Waals surface area contributed by atoms with Crippen molar-refractivity contribution >= 4 is 23.2 Å². The Hall–Kier alpha value is -2.14. The number of nitrogens with one attached hydrogen (secondary N) is 1. The van der Waals surface area contributed by atoms with Gasteiger partial charge in [-0.2, -0.15) is 11.3 Å². The SMILES string of the molecule is O=C(CN1C[C@@H](c2ccccc2)CC1=O)NCc1ccsc1. The summed E-state index contributed by atoms with van der Waals surface area (Å²) < 4.78 is 0. The number of rotatable bonds is 5. The molecule has 0 unspecified atom stereocenters. The van der Waals surface area contributed by atoms with E-state index in [1.807, 2.05) is 47.2 Å². The number of thiophene rings is 1. The van der Waals surface area contributed by atoms with E-state index in [0.29, 0.717) is 19.5 Å². The van der Waals surface area contributed by atoms with Crippen LogP contribution in [0.4, 0.5) is 0 Å². The van der Waals surface area contributed by atoms with Crippen LogP contribution in [0.5, 0.6) is 0 Å². The van der Waals surface area contributed by atoms with Crippen LogP contribution in [0.3, 0.4) is 0 Å². The van der Waals surface area contributed by atoms with Crippen molar-refractivity contribution in [3.8, 4) is 0 Å². The van der Waals surface area contributed by atoms with Crippen molar-refractivity contribution < 1.29 is 9.59 Å². The molecule has 1 saturated heterocycles. The first kappa shape index (κ1) is 14.8. The molecule has 2 aromatic rings. The van der Waals surface area contributed by atoms with Crippen molar-refractivity contribution in [1.29, 1.82) is 0 Å². The Morgan fingerprint density at radius 2 is 2.09 bits per heavy atom. The van der Waals surface area contributed by atoms with E-state index in [-0.39, 0.29) is 24.3 Å². The molecule has 1 aromatic carbocycles. The second-order valence-corrected chi connectivity index (χ2v) is 6.27. The number of nitrogens with zero attached hydrogens (tertiary/aromatic N) is 1. The summed E-state index contributed by atoms with van der Waals surface area (Å²) >= 11 is 1.61. The zero-order valence-electron chi connectivity index (χ0n) is 12.2. The molecule has 4 nitrogen and oxygen atoms in total. The highest BCUT2D eigenvalue weighted by molar-refractivity contribution is 7.07. The van der Waals surface area contributed by atoms with Crippen LogP contribution in [0.25, 0.3) is 0 Å². The normalized spacial score (nSPS) is 17.7. The van der Waals surface area contributed by atoms with E-state index in [0.717, 1.165) is 11.1 Å². The molecular weight excluding hydrogens is 296 g/mol. The van der Waals surface area contributed by atoms with Crippen molar-refractivity contribution in [2.75, 3.05) is 13.1 Å². The van der Waals surface area contributed by atoms with Crippen molar-refractivity contribution in [3.05, 3.63) is 58.3 Å². The molecule has 2 amide bonds. The number of likely N-dealkylation sites (tertiary alicyclic amines) is 1. The largest absolute Gasteiger partial charge is 0.350 e. The summed E-state index contributed by atoms with van der Waals surface area (Å²) in [6.45, 7) is 1.29. The highest BCUT2D eigenvalue weighted by Crippen LogP contribution is 2.27. The van der Waals surface area contributed by atoms with E-state index in [2.05, 4.69) is 5.32 Å². The average Bonchev–Trinajstić information content (AvgIpc) is 3.17. The summed E-state index contributed by atoms with van der Waals surface area (Å²) in [5.41, 5.74) is 2.25. The molecule has 5 heteroatoms. The Kier molecular flexibility index (Phi) is 4.53. The van der Waals surface area contributed by atoms with Crippen LogP contribution >= 0.6 is 11.3 Å². The van der Waals surface area contributed by atoms with Crippen LogP contribution in [-0.4, -0.2) is 29.8 Å². The number of hydrogen-bond acceptors (Lipinski definition) is 3. The van der Waals surface area contributed by atoms with Gasteiger partial charge in [-0.3, -0.25) is 9.59 Å². The van der Waals surface area contributed by atoms with Gasteiger partial charge in [-0.1, -0.05) is 30.3 Å². The van der Waals surface area contributed by atoms with Gasteiger partial charge in [0.2, 0.25) is 11.8 Å². The maximum atomic E-state index is 12.1. The summed E-state index contributed by atoms with van der Waals surface area (Å²) in [5.74, 6) is 0.145. The van der Waals surface area contributed by atoms with Crippen molar-refractivity contribution in [2.24, 2.45) is 0 Å². The first-order valence-electron chi connectivity index (χ1n) is 7.33. The Morgan fingerprint density at radius 1 is 1.27 bits per heavy atom. The Balaban J connectivity index is 1.52. The lowest BCUT2D eigenvalue weighted by Gasteiger charge is -2.16. The smallest absolute Gasteiger partial charge is 0.239 e. The zero-order valence-corrected chi connectivity index (χ0v) is 13.0. The Labute approximate surface area is 133 Å². The Morgan fingerprint density at radius 3 is 2.82 bits per heavy atom. The number of carbonyl (C=O) groups excluding carboxylic acids is 2. The first-order valence-corrected chi connectivity index (χ1v) is 8.27. The molecule has 0 saturated carbocycles. The monoisotopic (exact) mass is 314 g/mol. The highest BCUT2D eigenvalue weighted by atomic mass is 32.1. The number of carbonyl (C=O) groups is 2. The fourth-order valence-corrected chi connectivity index (χ4v) is 3.37. The third-order valence-corrected chi connectivity index (χ3v) is 4.62. The molecule has 1 aromatic heterocycles. The van der Waals surface area contributed by atoms with E-state index in [1.165, 1.54) is 0 Å². The van der Waals surface area contributed by atoms with Crippen molar-refractivity contribution in [3.63, 3.8) is 0 Å². The summed E-state index contributed by atoms with van der Waals surface area (Å²) in [6, 6.07) is 12.0. The molecular formula is C17H18N2O2S. The lowest BCUT2D eigenvalue weighted by atomic mass is 9.99. The molecule has 3 rings (SSSR count). The molecule has 2 heterocycles. The van der Waals surface area contributed by atoms with Gasteiger partial charge in [0.1, 0.15) is 0 Å². The standard InChI is InChI=1S/C17H18N2O2S/c20-16(18-9-13-6-7-22-12-13)11-19-10-15(8-17(19)21)14-4-2-1-3-5-14/h1-7,12,15H,8-11H2,(H,18,20)/t15-/m0/s1. The van der Waals surface area contributed by atoms with E-state index in [1.54, 1.807) is 16.2 Å². The molecule has 0 radical (unpaired) electrons. The van der Waals surface area contributed by atoms with Gasteiger partial charge in [-0.15, -0.1) is 0 Å². The van der Waals surface area contributed by atoms with Crippen LogP contribution in [-0.2, 0) is 16.1 Å². The van der Waals surface area contributed by atoms with Gasteiger partial charge in [0.25, 0.3) is 0 Å². The second-order valence-electron chi connectivity index (χ2n) is 5.49. The van der Waals surface area contributed by atoms with Crippen LogP contribution in [0.2, 0.25) is 0 Å².